The molecule has 120 valence electrons. The van der Waals surface area contributed by atoms with E-state index >= 15 is 0 Å². The van der Waals surface area contributed by atoms with Gasteiger partial charge in [-0.1, -0.05) is 18.5 Å². The van der Waals surface area contributed by atoms with Gasteiger partial charge in [0.2, 0.25) is 5.03 Å². The molecular formula is C13H23ClN4O2S. The second-order valence-corrected chi connectivity index (χ2v) is 7.77. The van der Waals surface area contributed by atoms with Gasteiger partial charge in [-0.2, -0.15) is 0 Å². The van der Waals surface area contributed by atoms with Crippen molar-refractivity contribution >= 4 is 21.6 Å². The highest BCUT2D eigenvalue weighted by molar-refractivity contribution is 7.89. The molecule has 21 heavy (non-hydrogen) atoms. The van der Waals surface area contributed by atoms with E-state index in [1.54, 1.807) is 7.05 Å². The molecule has 2 heterocycles. The number of sulfonamides is 1. The van der Waals surface area contributed by atoms with Gasteiger partial charge in [0.1, 0.15) is 5.15 Å². The normalized spacial score (nSPS) is 18.2. The minimum Gasteiger partial charge on any atom is -0.324 e. The SMILES string of the molecule is CC1CCN(CCCNS(=O)(=O)c2ncn(C)c2Cl)CC1. The Labute approximate surface area is 131 Å². The Balaban J connectivity index is 1.76. The summed E-state index contributed by atoms with van der Waals surface area (Å²) >= 11 is 5.91. The van der Waals surface area contributed by atoms with E-state index in [0.29, 0.717) is 6.54 Å². The van der Waals surface area contributed by atoms with Crippen LogP contribution in [0.3, 0.4) is 0 Å². The molecule has 1 saturated heterocycles. The number of piperidine rings is 1. The van der Waals surface area contributed by atoms with Crippen LogP contribution in [0.2, 0.25) is 5.15 Å². The fraction of sp³-hybridized carbons (Fsp3) is 0.769. The van der Waals surface area contributed by atoms with Crippen LogP contribution in [-0.4, -0.2) is 49.0 Å². The third kappa shape index (κ3) is 4.42. The molecule has 0 unspecified atom stereocenters. The minimum absolute atomic E-state index is 0.0986. The topological polar surface area (TPSA) is 67.2 Å². The third-order valence-electron chi connectivity index (χ3n) is 3.91. The predicted octanol–water partition coefficient (Wildman–Crippen LogP) is 1.47. The third-order valence-corrected chi connectivity index (χ3v) is 5.86. The zero-order chi connectivity index (χ0) is 15.5. The first kappa shape index (κ1) is 16.7. The van der Waals surface area contributed by atoms with Crippen molar-refractivity contribution in [1.29, 1.82) is 0 Å². The Morgan fingerprint density at radius 1 is 1.43 bits per heavy atom. The number of rotatable bonds is 6. The van der Waals surface area contributed by atoms with Gasteiger partial charge in [-0.15, -0.1) is 0 Å². The van der Waals surface area contributed by atoms with E-state index < -0.39 is 10.0 Å². The number of aromatic nitrogens is 2. The van der Waals surface area contributed by atoms with E-state index in [4.69, 9.17) is 11.6 Å². The number of imidazole rings is 1. The van der Waals surface area contributed by atoms with Crippen molar-refractivity contribution in [2.75, 3.05) is 26.2 Å². The second-order valence-electron chi connectivity index (χ2n) is 5.73. The Kier molecular flexibility index (Phi) is 5.65. The molecule has 1 aromatic rings. The summed E-state index contributed by atoms with van der Waals surface area (Å²) in [5.41, 5.74) is 0. The molecule has 0 atom stereocenters. The monoisotopic (exact) mass is 334 g/mol. The first-order valence-corrected chi connectivity index (χ1v) is 9.15. The summed E-state index contributed by atoms with van der Waals surface area (Å²) in [4.78, 5) is 6.22. The van der Waals surface area contributed by atoms with Crippen molar-refractivity contribution in [2.45, 2.75) is 31.2 Å². The Morgan fingerprint density at radius 3 is 2.67 bits per heavy atom. The lowest BCUT2D eigenvalue weighted by Gasteiger charge is -2.30. The van der Waals surface area contributed by atoms with Gasteiger partial charge >= 0.3 is 0 Å². The molecule has 1 aliphatic heterocycles. The van der Waals surface area contributed by atoms with Crippen LogP contribution in [-0.2, 0) is 17.1 Å². The fourth-order valence-corrected chi connectivity index (χ4v) is 3.94. The molecule has 0 aliphatic carbocycles. The van der Waals surface area contributed by atoms with Crippen LogP contribution in [0.1, 0.15) is 26.2 Å². The van der Waals surface area contributed by atoms with Gasteiger partial charge in [0.15, 0.2) is 0 Å². The molecule has 0 spiro atoms. The van der Waals surface area contributed by atoms with Crippen molar-refractivity contribution in [3.05, 3.63) is 11.5 Å². The van der Waals surface area contributed by atoms with Gasteiger partial charge in [-0.3, -0.25) is 0 Å². The molecule has 0 amide bonds. The summed E-state index contributed by atoms with van der Waals surface area (Å²) in [6, 6.07) is 0. The number of hydrogen-bond donors (Lipinski definition) is 1. The molecule has 0 bridgehead atoms. The number of likely N-dealkylation sites (tertiary alicyclic amines) is 1. The summed E-state index contributed by atoms with van der Waals surface area (Å²) < 4.78 is 28.2. The molecule has 0 radical (unpaired) electrons. The lowest BCUT2D eigenvalue weighted by Crippen LogP contribution is -2.35. The van der Waals surface area contributed by atoms with E-state index in [1.165, 1.54) is 23.7 Å². The quantitative estimate of drug-likeness (QED) is 0.800. The maximum atomic E-state index is 12.1. The van der Waals surface area contributed by atoms with Crippen LogP contribution < -0.4 is 4.72 Å². The van der Waals surface area contributed by atoms with E-state index in [-0.39, 0.29) is 10.2 Å². The summed E-state index contributed by atoms with van der Waals surface area (Å²) in [5, 5.41) is 0.0333. The molecular weight excluding hydrogens is 312 g/mol. The smallest absolute Gasteiger partial charge is 0.261 e. The van der Waals surface area contributed by atoms with Crippen molar-refractivity contribution in [3.8, 4) is 0 Å². The average molecular weight is 335 g/mol. The summed E-state index contributed by atoms with van der Waals surface area (Å²) in [7, 11) is -1.96. The maximum Gasteiger partial charge on any atom is 0.261 e. The molecule has 1 aromatic heterocycles. The lowest BCUT2D eigenvalue weighted by molar-refractivity contribution is 0.191. The van der Waals surface area contributed by atoms with Crippen molar-refractivity contribution < 1.29 is 8.42 Å². The predicted molar refractivity (Wildman–Crippen MR) is 82.9 cm³/mol. The van der Waals surface area contributed by atoms with Crippen molar-refractivity contribution in [2.24, 2.45) is 13.0 Å². The minimum atomic E-state index is -3.61. The number of nitrogens with one attached hydrogen (secondary N) is 1. The Hall–Kier alpha value is -0.630. The van der Waals surface area contributed by atoms with Gasteiger partial charge in [0, 0.05) is 13.6 Å². The van der Waals surface area contributed by atoms with Crippen molar-refractivity contribution in [1.82, 2.24) is 19.2 Å². The van der Waals surface area contributed by atoms with Gasteiger partial charge in [0.05, 0.1) is 6.33 Å². The molecule has 1 N–H and O–H groups in total. The molecule has 8 heteroatoms. The number of aryl methyl sites for hydroxylation is 1. The highest BCUT2D eigenvalue weighted by atomic mass is 35.5. The van der Waals surface area contributed by atoms with Gasteiger partial charge in [-0.05, 0) is 44.8 Å². The largest absolute Gasteiger partial charge is 0.324 e. The number of nitrogens with zero attached hydrogens (tertiary/aromatic N) is 3. The lowest BCUT2D eigenvalue weighted by atomic mass is 9.99. The van der Waals surface area contributed by atoms with Crippen LogP contribution in [0.25, 0.3) is 0 Å². The first-order valence-electron chi connectivity index (χ1n) is 7.29. The van der Waals surface area contributed by atoms with E-state index in [0.717, 1.165) is 32.0 Å². The Bertz CT molecular complexity index is 565. The van der Waals surface area contributed by atoms with Crippen molar-refractivity contribution in [3.63, 3.8) is 0 Å². The fourth-order valence-electron chi connectivity index (χ4n) is 2.44. The van der Waals surface area contributed by atoms with Crippen LogP contribution in [0, 0.1) is 5.92 Å². The number of hydrogen-bond acceptors (Lipinski definition) is 4. The standard InChI is InChI=1S/C13H23ClN4O2S/c1-11-4-8-18(9-5-11)7-3-6-16-21(19,20)13-12(14)17(2)10-15-13/h10-11,16H,3-9H2,1-2H3. The molecule has 1 fully saturated rings. The van der Waals surface area contributed by atoms with E-state index in [9.17, 15) is 8.42 Å². The zero-order valence-electron chi connectivity index (χ0n) is 12.5. The molecule has 0 saturated carbocycles. The summed E-state index contributed by atoms with van der Waals surface area (Å²) in [6.07, 6.45) is 4.65. The molecule has 1 aliphatic rings. The van der Waals surface area contributed by atoms with Crippen LogP contribution in [0.5, 0.6) is 0 Å². The van der Waals surface area contributed by atoms with Crippen LogP contribution in [0.4, 0.5) is 0 Å². The first-order chi connectivity index (χ1) is 9.90. The number of halogens is 1. The maximum absolute atomic E-state index is 12.1. The van der Waals surface area contributed by atoms with E-state index in [2.05, 4.69) is 21.5 Å². The highest BCUT2D eigenvalue weighted by Crippen LogP contribution is 2.18. The Morgan fingerprint density at radius 2 is 2.10 bits per heavy atom. The highest BCUT2D eigenvalue weighted by Gasteiger charge is 2.22. The summed E-state index contributed by atoms with van der Waals surface area (Å²) in [6.45, 7) is 5.83. The van der Waals surface area contributed by atoms with Gasteiger partial charge in [-0.25, -0.2) is 18.1 Å². The average Bonchev–Trinajstić information content (AvgIpc) is 2.78. The summed E-state index contributed by atoms with van der Waals surface area (Å²) in [5.74, 6) is 0.811. The van der Waals surface area contributed by atoms with Crippen LogP contribution in [0.15, 0.2) is 11.4 Å². The van der Waals surface area contributed by atoms with E-state index in [1.807, 2.05) is 0 Å². The zero-order valence-corrected chi connectivity index (χ0v) is 14.1. The van der Waals surface area contributed by atoms with Gasteiger partial charge < -0.3 is 9.47 Å². The molecule has 0 aromatic carbocycles. The van der Waals surface area contributed by atoms with Crippen LogP contribution >= 0.6 is 11.6 Å². The van der Waals surface area contributed by atoms with Gasteiger partial charge in [0.25, 0.3) is 10.0 Å². The molecule has 2 rings (SSSR count). The molecule has 6 nitrogen and oxygen atoms in total. The second kappa shape index (κ2) is 7.09.